The number of aliphatic imine (C=N–C) groups is 1. The Balaban J connectivity index is 1.49. The van der Waals surface area contributed by atoms with Gasteiger partial charge in [-0.2, -0.15) is 0 Å². The zero-order chi connectivity index (χ0) is 27.9. The molecule has 0 saturated heterocycles. The molecule has 5 N–H and O–H groups in total. The highest BCUT2D eigenvalue weighted by Gasteiger charge is 2.46. The summed E-state index contributed by atoms with van der Waals surface area (Å²) >= 11 is 0. The van der Waals surface area contributed by atoms with Gasteiger partial charge >= 0.3 is 0 Å². The molecule has 3 aliphatic heterocycles. The Morgan fingerprint density at radius 2 is 1.90 bits per heavy atom. The number of rotatable bonds is 7. The number of hydrogen-bond acceptors (Lipinski definition) is 9. The molecule has 2 aromatic rings. The number of ether oxygens (including phenoxy) is 3. The third-order valence-electron chi connectivity index (χ3n) is 8.36. The summed E-state index contributed by atoms with van der Waals surface area (Å²) in [7, 11) is 1.57. The Kier molecular flexibility index (Phi) is 7.32. The molecule has 0 spiro atoms. The number of aliphatic hydroxyl groups excluding tert-OH is 1. The minimum absolute atomic E-state index is 0.0801. The number of amides is 1. The molecule has 210 valence electrons. The van der Waals surface area contributed by atoms with Crippen molar-refractivity contribution in [1.82, 2.24) is 10.2 Å². The van der Waals surface area contributed by atoms with Gasteiger partial charge in [-0.3, -0.25) is 15.0 Å². The van der Waals surface area contributed by atoms with Crippen LogP contribution in [-0.4, -0.2) is 64.5 Å². The second kappa shape index (κ2) is 10.4. The van der Waals surface area contributed by atoms with E-state index in [0.29, 0.717) is 35.5 Å². The summed E-state index contributed by atoms with van der Waals surface area (Å²) in [4.78, 5) is 19.8. The number of nitrogens with one attached hydrogen (secondary N) is 1. The molecule has 1 unspecified atom stereocenters. The molecule has 10 heteroatoms. The predicted molar refractivity (Wildman–Crippen MR) is 145 cm³/mol. The van der Waals surface area contributed by atoms with E-state index in [-0.39, 0.29) is 31.5 Å². The van der Waals surface area contributed by atoms with E-state index in [4.69, 9.17) is 24.9 Å². The molecule has 0 bridgehead atoms. The summed E-state index contributed by atoms with van der Waals surface area (Å²) < 4.78 is 17.4. The lowest BCUT2D eigenvalue weighted by Gasteiger charge is -2.44. The van der Waals surface area contributed by atoms with E-state index in [1.807, 2.05) is 38.1 Å². The molecular weight excluding hydrogens is 500 g/mol. The average molecular weight is 539 g/mol. The monoisotopic (exact) mass is 538 g/mol. The van der Waals surface area contributed by atoms with Crippen molar-refractivity contribution in [3.05, 3.63) is 59.2 Å². The minimum Gasteiger partial charge on any atom is -0.490 e. The van der Waals surface area contributed by atoms with Crippen LogP contribution in [0.2, 0.25) is 0 Å². The summed E-state index contributed by atoms with van der Waals surface area (Å²) in [6, 6.07) is 11.6. The predicted octanol–water partition coefficient (Wildman–Crippen LogP) is 2.71. The van der Waals surface area contributed by atoms with Gasteiger partial charge in [0.15, 0.2) is 5.96 Å². The summed E-state index contributed by atoms with van der Waals surface area (Å²) in [5.74, 6) is 1.28. The second-order valence-corrected chi connectivity index (χ2v) is 10.9. The highest BCUT2D eigenvalue weighted by molar-refractivity contribution is 5.99. The van der Waals surface area contributed by atoms with Gasteiger partial charge in [0.1, 0.15) is 42.6 Å². The van der Waals surface area contributed by atoms with E-state index in [1.54, 1.807) is 32.2 Å². The zero-order valence-corrected chi connectivity index (χ0v) is 22.9. The quantitative estimate of drug-likeness (QED) is 0.395. The van der Waals surface area contributed by atoms with Crippen molar-refractivity contribution in [1.29, 1.82) is 0 Å². The van der Waals surface area contributed by atoms with E-state index in [2.05, 4.69) is 5.32 Å². The molecule has 5 atom stereocenters. The molecule has 0 aliphatic carbocycles. The van der Waals surface area contributed by atoms with Crippen LogP contribution in [-0.2, 0) is 9.53 Å². The van der Waals surface area contributed by atoms with Crippen molar-refractivity contribution < 1.29 is 29.2 Å². The number of nitrogens with two attached hydrogens (primary N) is 1. The van der Waals surface area contributed by atoms with Gasteiger partial charge in [-0.05, 0) is 43.5 Å². The fourth-order valence-corrected chi connectivity index (χ4v) is 5.87. The first kappa shape index (κ1) is 27.4. The Morgan fingerprint density at radius 1 is 1.18 bits per heavy atom. The van der Waals surface area contributed by atoms with Crippen LogP contribution >= 0.6 is 0 Å². The SMILES string of the molecule is CCC1(CC)CC(=O)N([C@H]2c3cc(C(O)N[C@@H]4c5ccccc5OC[C@@]4(C)O)ccc3OC[C@@H]2OC)C(N)=N1. The Morgan fingerprint density at radius 3 is 2.59 bits per heavy atom. The van der Waals surface area contributed by atoms with E-state index >= 15 is 0 Å². The molecule has 5 rings (SSSR count). The van der Waals surface area contributed by atoms with E-state index in [9.17, 15) is 15.0 Å². The third kappa shape index (κ3) is 4.86. The van der Waals surface area contributed by atoms with Crippen LogP contribution in [0.15, 0.2) is 47.5 Å². The number of nitrogens with zero attached hydrogens (tertiary/aromatic N) is 2. The van der Waals surface area contributed by atoms with Crippen LogP contribution in [0.4, 0.5) is 0 Å². The molecule has 0 radical (unpaired) electrons. The summed E-state index contributed by atoms with van der Waals surface area (Å²) in [6.07, 6.45) is 0.0459. The molecule has 0 fully saturated rings. The van der Waals surface area contributed by atoms with Crippen molar-refractivity contribution in [2.45, 2.75) is 75.6 Å². The number of benzene rings is 2. The molecule has 39 heavy (non-hydrogen) atoms. The molecular formula is C29H38N4O6. The lowest BCUT2D eigenvalue weighted by molar-refractivity contribution is -0.135. The van der Waals surface area contributed by atoms with E-state index < -0.39 is 35.6 Å². The van der Waals surface area contributed by atoms with Crippen molar-refractivity contribution in [2.24, 2.45) is 10.7 Å². The molecule has 3 aliphatic rings. The number of fused-ring (bicyclic) bond motifs is 2. The summed E-state index contributed by atoms with van der Waals surface area (Å²) in [6.45, 7) is 6.01. The van der Waals surface area contributed by atoms with Crippen LogP contribution in [0.25, 0.3) is 0 Å². The Hall–Kier alpha value is -3.18. The maximum absolute atomic E-state index is 13.5. The highest BCUT2D eigenvalue weighted by Crippen LogP contribution is 2.43. The molecule has 3 heterocycles. The van der Waals surface area contributed by atoms with Gasteiger partial charge in [-0.1, -0.05) is 38.1 Å². The van der Waals surface area contributed by atoms with Crippen LogP contribution in [0.3, 0.4) is 0 Å². The van der Waals surface area contributed by atoms with Crippen molar-refractivity contribution >= 4 is 11.9 Å². The zero-order valence-electron chi connectivity index (χ0n) is 22.9. The Labute approximate surface area is 228 Å². The average Bonchev–Trinajstić information content (AvgIpc) is 2.93. The van der Waals surface area contributed by atoms with Gasteiger partial charge in [0, 0.05) is 18.2 Å². The van der Waals surface area contributed by atoms with Gasteiger partial charge in [0.25, 0.3) is 0 Å². The number of hydrogen-bond donors (Lipinski definition) is 4. The maximum Gasteiger partial charge on any atom is 0.232 e. The number of methoxy groups -OCH3 is 1. The minimum atomic E-state index is -1.26. The van der Waals surface area contributed by atoms with Gasteiger partial charge in [-0.15, -0.1) is 0 Å². The first-order valence-electron chi connectivity index (χ1n) is 13.5. The van der Waals surface area contributed by atoms with Crippen molar-refractivity contribution in [3.63, 3.8) is 0 Å². The molecule has 10 nitrogen and oxygen atoms in total. The third-order valence-corrected chi connectivity index (χ3v) is 8.36. The number of carbonyl (C=O) groups is 1. The first-order chi connectivity index (χ1) is 18.6. The topological polar surface area (TPSA) is 139 Å². The standard InChI is InChI=1S/C29H38N4O6/c1-5-29(6-2)14-23(34)33(27(30)32-29)24-19-13-17(11-12-21(19)38-15-22(24)37-4)26(35)31-25-18-9-7-8-10-20(18)39-16-28(25,3)36/h7-13,22,24-26,31,35-36H,5-6,14-16H2,1-4H3,(H2,30,32)/t22-,24-,25+,26?,28+/m0/s1. The van der Waals surface area contributed by atoms with Gasteiger partial charge in [0.05, 0.1) is 24.0 Å². The van der Waals surface area contributed by atoms with Crippen LogP contribution in [0.5, 0.6) is 11.5 Å². The number of para-hydroxylation sites is 1. The van der Waals surface area contributed by atoms with Crippen LogP contribution in [0, 0.1) is 0 Å². The van der Waals surface area contributed by atoms with Crippen molar-refractivity contribution in [3.8, 4) is 11.5 Å². The lowest BCUT2D eigenvalue weighted by Crippen LogP contribution is -2.56. The Bertz CT molecular complexity index is 1260. The van der Waals surface area contributed by atoms with Crippen LogP contribution < -0.4 is 20.5 Å². The number of carbonyl (C=O) groups excluding carboxylic acids is 1. The number of aliphatic hydroxyl groups is 2. The molecule has 1 amide bonds. The van der Waals surface area contributed by atoms with Gasteiger partial charge in [-0.25, -0.2) is 4.99 Å². The van der Waals surface area contributed by atoms with Crippen LogP contribution in [0.1, 0.15) is 75.0 Å². The largest absolute Gasteiger partial charge is 0.490 e. The van der Waals surface area contributed by atoms with E-state index in [0.717, 1.165) is 5.56 Å². The lowest BCUT2D eigenvalue weighted by atomic mass is 9.86. The van der Waals surface area contributed by atoms with Crippen molar-refractivity contribution in [2.75, 3.05) is 20.3 Å². The maximum atomic E-state index is 13.5. The molecule has 2 aromatic carbocycles. The number of guanidine groups is 1. The summed E-state index contributed by atoms with van der Waals surface area (Å²) in [5, 5.41) is 25.6. The summed E-state index contributed by atoms with van der Waals surface area (Å²) in [5.41, 5.74) is 6.65. The molecule has 0 saturated carbocycles. The van der Waals surface area contributed by atoms with Gasteiger partial charge in [0.2, 0.25) is 5.91 Å². The van der Waals surface area contributed by atoms with Gasteiger partial charge < -0.3 is 30.2 Å². The van der Waals surface area contributed by atoms with E-state index in [1.165, 1.54) is 4.90 Å². The smallest absolute Gasteiger partial charge is 0.232 e. The normalized spacial score (nSPS) is 28.5. The second-order valence-electron chi connectivity index (χ2n) is 10.9. The first-order valence-corrected chi connectivity index (χ1v) is 13.5. The molecule has 0 aromatic heterocycles. The highest BCUT2D eigenvalue weighted by atomic mass is 16.5. The fraction of sp³-hybridized carbons (Fsp3) is 0.517. The fourth-order valence-electron chi connectivity index (χ4n) is 5.87.